The Balaban J connectivity index is 3.00. The van der Waals surface area contributed by atoms with Gasteiger partial charge in [0, 0.05) is 6.61 Å². The van der Waals surface area contributed by atoms with Gasteiger partial charge in [-0.1, -0.05) is 60.1 Å². The predicted octanol–water partition coefficient (Wildman–Crippen LogP) is 7.34. The van der Waals surface area contributed by atoms with Gasteiger partial charge >= 0.3 is 0 Å². The molecule has 0 atom stereocenters. The van der Waals surface area contributed by atoms with Crippen LogP contribution < -0.4 is 0 Å². The highest BCUT2D eigenvalue weighted by atomic mass is 28.4. The molecule has 1 rings (SSSR count). The highest BCUT2D eigenvalue weighted by Crippen LogP contribution is 2.39. The lowest BCUT2D eigenvalue weighted by Gasteiger charge is -2.38. The van der Waals surface area contributed by atoms with Crippen molar-refractivity contribution in [1.82, 2.24) is 0 Å². The second-order valence-electron chi connectivity index (χ2n) is 9.90. The van der Waals surface area contributed by atoms with Crippen molar-refractivity contribution in [1.29, 1.82) is 0 Å². The molecule has 0 aliphatic heterocycles. The number of benzene rings is 1. The fraction of sp³-hybridized carbons (Fsp3) is 0.739. The van der Waals surface area contributed by atoms with Gasteiger partial charge in [-0.3, -0.25) is 0 Å². The van der Waals surface area contributed by atoms with Gasteiger partial charge in [-0.25, -0.2) is 0 Å². The zero-order chi connectivity index (χ0) is 19.5. The average molecular weight is 363 g/mol. The minimum absolute atomic E-state index is 0.154. The molecule has 0 amide bonds. The smallest absolute Gasteiger partial charge is 0.191 e. The molecule has 0 aliphatic carbocycles. The first-order valence-corrected chi connectivity index (χ1v) is 13.0. The summed E-state index contributed by atoms with van der Waals surface area (Å²) in [5.74, 6) is 0. The van der Waals surface area contributed by atoms with Gasteiger partial charge in [-0.2, -0.15) is 0 Å². The fourth-order valence-corrected chi connectivity index (χ4v) is 4.44. The fourth-order valence-electron chi connectivity index (χ4n) is 3.39. The van der Waals surface area contributed by atoms with Crippen molar-refractivity contribution in [3.8, 4) is 0 Å². The van der Waals surface area contributed by atoms with Crippen molar-refractivity contribution in [2.45, 2.75) is 105 Å². The summed E-state index contributed by atoms with van der Waals surface area (Å²) in [5.41, 5.74) is 6.20. The summed E-state index contributed by atoms with van der Waals surface area (Å²) < 4.78 is 6.48. The molecule has 0 heterocycles. The van der Waals surface area contributed by atoms with E-state index in [9.17, 15) is 0 Å². The Kier molecular flexibility index (Phi) is 7.53. The second kappa shape index (κ2) is 8.39. The number of hydrogen-bond donors (Lipinski definition) is 0. The van der Waals surface area contributed by atoms with Crippen LogP contribution >= 0.6 is 0 Å². The minimum Gasteiger partial charge on any atom is -0.417 e. The van der Waals surface area contributed by atoms with Crippen molar-refractivity contribution in [2.75, 3.05) is 6.61 Å². The predicted molar refractivity (Wildman–Crippen MR) is 115 cm³/mol. The first-order chi connectivity index (χ1) is 11.3. The van der Waals surface area contributed by atoms with Gasteiger partial charge in [0.05, 0.1) is 0 Å². The van der Waals surface area contributed by atoms with E-state index in [2.05, 4.69) is 80.6 Å². The molecular weight excluding hydrogens is 320 g/mol. The molecule has 0 saturated carbocycles. The molecule has 0 unspecified atom stereocenters. The lowest BCUT2D eigenvalue weighted by Crippen LogP contribution is -2.41. The van der Waals surface area contributed by atoms with Gasteiger partial charge in [0.2, 0.25) is 0 Å². The molecule has 0 aliphatic rings. The molecule has 144 valence electrons. The molecule has 0 bridgehead atoms. The van der Waals surface area contributed by atoms with Crippen molar-refractivity contribution < 1.29 is 4.43 Å². The molecule has 1 aromatic rings. The van der Waals surface area contributed by atoms with Crippen LogP contribution in [0.25, 0.3) is 0 Å². The first-order valence-electron chi connectivity index (χ1n) is 10.1. The van der Waals surface area contributed by atoms with Crippen LogP contribution in [-0.2, 0) is 16.3 Å². The molecule has 25 heavy (non-hydrogen) atoms. The summed E-state index contributed by atoms with van der Waals surface area (Å²) >= 11 is 0. The Bertz CT molecular complexity index is 564. The van der Waals surface area contributed by atoms with Crippen LogP contribution in [0.5, 0.6) is 0 Å². The summed E-state index contributed by atoms with van der Waals surface area (Å²) in [4.78, 5) is 0. The van der Waals surface area contributed by atoms with Crippen LogP contribution in [0.1, 0.15) is 83.1 Å². The number of unbranched alkanes of at least 4 members (excludes halogenated alkanes) is 1. The van der Waals surface area contributed by atoms with E-state index in [1.165, 1.54) is 30.4 Å². The summed E-state index contributed by atoms with van der Waals surface area (Å²) in [7, 11) is -1.66. The molecule has 2 heteroatoms. The molecule has 0 radical (unpaired) electrons. The summed E-state index contributed by atoms with van der Waals surface area (Å²) in [6.07, 6.45) is 4.81. The van der Waals surface area contributed by atoms with Crippen LogP contribution in [0.15, 0.2) is 12.1 Å². The zero-order valence-corrected chi connectivity index (χ0v) is 19.6. The Morgan fingerprint density at radius 1 is 0.960 bits per heavy atom. The van der Waals surface area contributed by atoms with Crippen LogP contribution in [0, 0.1) is 13.8 Å². The van der Waals surface area contributed by atoms with Crippen LogP contribution in [0.2, 0.25) is 18.1 Å². The summed E-state index contributed by atoms with van der Waals surface area (Å²) in [5, 5.41) is 0.280. The molecule has 0 aromatic heterocycles. The van der Waals surface area contributed by atoms with Gasteiger partial charge < -0.3 is 4.43 Å². The van der Waals surface area contributed by atoms with Crippen LogP contribution in [-0.4, -0.2) is 14.9 Å². The van der Waals surface area contributed by atoms with Crippen LogP contribution in [0.4, 0.5) is 0 Å². The summed E-state index contributed by atoms with van der Waals surface area (Å²) in [6, 6.07) is 4.60. The standard InChI is InChI=1S/C23H42OSi/c1-11-12-13-20-18(2)14-15-19(3)21(20)23(7,8)16-17-24-25(9,10)22(4,5)6/h14-15H,11-13,16-17H2,1-10H3. The molecule has 0 saturated heterocycles. The number of hydrogen-bond acceptors (Lipinski definition) is 1. The van der Waals surface area contributed by atoms with E-state index < -0.39 is 8.32 Å². The van der Waals surface area contributed by atoms with E-state index in [1.807, 2.05) is 0 Å². The second-order valence-corrected chi connectivity index (χ2v) is 14.7. The van der Waals surface area contributed by atoms with Gasteiger partial charge in [0.1, 0.15) is 0 Å². The average Bonchev–Trinajstić information content (AvgIpc) is 2.46. The number of rotatable bonds is 8. The number of aryl methyl sites for hydroxylation is 2. The lowest BCUT2D eigenvalue weighted by atomic mass is 9.75. The summed E-state index contributed by atoms with van der Waals surface area (Å²) in [6.45, 7) is 24.2. The van der Waals surface area contributed by atoms with E-state index in [0.29, 0.717) is 0 Å². The molecule has 0 fully saturated rings. The largest absolute Gasteiger partial charge is 0.417 e. The molecule has 1 nitrogen and oxygen atoms in total. The van der Waals surface area contributed by atoms with Gasteiger partial charge in [0.15, 0.2) is 8.32 Å². The topological polar surface area (TPSA) is 9.23 Å². The highest BCUT2D eigenvalue weighted by molar-refractivity contribution is 6.74. The monoisotopic (exact) mass is 362 g/mol. The maximum Gasteiger partial charge on any atom is 0.191 e. The van der Waals surface area contributed by atoms with Crippen LogP contribution in [0.3, 0.4) is 0 Å². The highest BCUT2D eigenvalue weighted by Gasteiger charge is 2.37. The normalized spacial score (nSPS) is 13.4. The van der Waals surface area contributed by atoms with Gasteiger partial charge in [-0.05, 0) is 78.9 Å². The Hall–Kier alpha value is -0.603. The van der Waals surface area contributed by atoms with E-state index in [0.717, 1.165) is 13.0 Å². The zero-order valence-electron chi connectivity index (χ0n) is 18.6. The van der Waals surface area contributed by atoms with E-state index in [1.54, 1.807) is 11.1 Å². The van der Waals surface area contributed by atoms with E-state index in [4.69, 9.17) is 4.43 Å². The third-order valence-corrected chi connectivity index (χ3v) is 10.7. The molecule has 1 aromatic carbocycles. The molecule has 0 N–H and O–H groups in total. The van der Waals surface area contributed by atoms with E-state index in [-0.39, 0.29) is 10.5 Å². The maximum absolute atomic E-state index is 6.48. The van der Waals surface area contributed by atoms with Crippen molar-refractivity contribution in [3.05, 3.63) is 34.4 Å². The molecular formula is C23H42OSi. The van der Waals surface area contributed by atoms with Crippen molar-refractivity contribution in [3.63, 3.8) is 0 Å². The minimum atomic E-state index is -1.66. The maximum atomic E-state index is 6.48. The molecule has 0 spiro atoms. The van der Waals surface area contributed by atoms with Gasteiger partial charge in [-0.15, -0.1) is 0 Å². The Morgan fingerprint density at radius 2 is 1.52 bits per heavy atom. The SMILES string of the molecule is CCCCc1c(C)ccc(C)c1C(C)(C)CCO[Si](C)(C)C(C)(C)C. The third-order valence-electron chi connectivity index (χ3n) is 6.21. The van der Waals surface area contributed by atoms with E-state index >= 15 is 0 Å². The Morgan fingerprint density at radius 3 is 2.04 bits per heavy atom. The van der Waals surface area contributed by atoms with Crippen molar-refractivity contribution >= 4 is 8.32 Å². The lowest BCUT2D eigenvalue weighted by molar-refractivity contribution is 0.250. The first kappa shape index (κ1) is 22.4. The third kappa shape index (κ3) is 5.69. The van der Waals surface area contributed by atoms with Gasteiger partial charge in [0.25, 0.3) is 0 Å². The quantitative estimate of drug-likeness (QED) is 0.440. The Labute approximate surface area is 158 Å². The van der Waals surface area contributed by atoms with Crippen molar-refractivity contribution in [2.24, 2.45) is 0 Å².